The monoisotopic (exact) mass is 484 g/mol. The topological polar surface area (TPSA) is 82.2 Å². The highest BCUT2D eigenvalue weighted by Gasteiger charge is 2.31. The highest BCUT2D eigenvalue weighted by atomic mass is 79.9. The van der Waals surface area contributed by atoms with Gasteiger partial charge in [0, 0.05) is 36.3 Å². The molecule has 0 aliphatic carbocycles. The Labute approximate surface area is 177 Å². The highest BCUT2D eigenvalue weighted by molar-refractivity contribution is 9.09. The van der Waals surface area contributed by atoms with Gasteiger partial charge in [0.25, 0.3) is 5.69 Å². The molecule has 0 aliphatic rings. The van der Waals surface area contributed by atoms with E-state index in [1.807, 2.05) is 0 Å². The number of alkyl halides is 4. The molecule has 0 aliphatic heterocycles. The zero-order valence-electron chi connectivity index (χ0n) is 15.6. The summed E-state index contributed by atoms with van der Waals surface area (Å²) < 4.78 is 46.3. The third-order valence-electron chi connectivity index (χ3n) is 4.24. The molecule has 1 heterocycles. The Bertz CT molecular complexity index is 1070. The number of benzene rings is 2. The van der Waals surface area contributed by atoms with Crippen LogP contribution in [-0.2, 0) is 6.18 Å². The number of imidazole rings is 1. The first kappa shape index (κ1) is 21.6. The summed E-state index contributed by atoms with van der Waals surface area (Å²) in [4.78, 5) is 14.9. The van der Waals surface area contributed by atoms with Gasteiger partial charge in [0.1, 0.15) is 5.75 Å². The van der Waals surface area contributed by atoms with E-state index in [1.54, 1.807) is 23.9 Å². The van der Waals surface area contributed by atoms with Gasteiger partial charge in [0.2, 0.25) is 0 Å². The Hall–Kier alpha value is -3.08. The van der Waals surface area contributed by atoms with Gasteiger partial charge in [-0.15, -0.1) is 0 Å². The van der Waals surface area contributed by atoms with Crippen LogP contribution < -0.4 is 10.1 Å². The standard InChI is InChI=1S/C19H16BrF3N4O3/c1-24-15-5-3-13(27(28)29)9-17(15)26-10-16(25-11-26)14-4-2-12(19(21,22)23)8-18(14)30-7-6-20/h2-5,8-11,24H,6-7H2,1H3. The smallest absolute Gasteiger partial charge is 0.416 e. The molecule has 3 rings (SSSR count). The van der Waals surface area contributed by atoms with Crippen LogP contribution >= 0.6 is 15.9 Å². The van der Waals surface area contributed by atoms with E-state index in [0.29, 0.717) is 28.0 Å². The molecule has 30 heavy (non-hydrogen) atoms. The van der Waals surface area contributed by atoms with Crippen molar-refractivity contribution in [3.8, 4) is 22.7 Å². The van der Waals surface area contributed by atoms with Crippen LogP contribution in [-0.4, -0.2) is 33.5 Å². The predicted molar refractivity (Wildman–Crippen MR) is 109 cm³/mol. The molecule has 2 aromatic carbocycles. The lowest BCUT2D eigenvalue weighted by Gasteiger charge is -2.13. The third-order valence-corrected chi connectivity index (χ3v) is 4.57. The first-order valence-electron chi connectivity index (χ1n) is 8.65. The van der Waals surface area contributed by atoms with Crippen molar-refractivity contribution in [3.05, 3.63) is 64.6 Å². The van der Waals surface area contributed by atoms with Crippen LogP contribution in [0.3, 0.4) is 0 Å². The number of nitrogens with zero attached hydrogens (tertiary/aromatic N) is 3. The quantitative estimate of drug-likeness (QED) is 0.280. The van der Waals surface area contributed by atoms with E-state index < -0.39 is 16.7 Å². The normalized spacial score (nSPS) is 11.4. The van der Waals surface area contributed by atoms with E-state index >= 15 is 0 Å². The molecule has 0 atom stereocenters. The number of ether oxygens (including phenoxy) is 1. The van der Waals surface area contributed by atoms with E-state index in [9.17, 15) is 23.3 Å². The molecule has 0 bridgehead atoms. The molecule has 3 aromatic rings. The molecule has 0 saturated heterocycles. The summed E-state index contributed by atoms with van der Waals surface area (Å²) >= 11 is 3.19. The van der Waals surface area contributed by atoms with Crippen LogP contribution in [0.4, 0.5) is 24.5 Å². The fourth-order valence-corrected chi connectivity index (χ4v) is 2.99. The van der Waals surface area contributed by atoms with E-state index in [-0.39, 0.29) is 18.0 Å². The Morgan fingerprint density at radius 3 is 2.67 bits per heavy atom. The lowest BCUT2D eigenvalue weighted by atomic mass is 10.1. The maximum Gasteiger partial charge on any atom is 0.416 e. The van der Waals surface area contributed by atoms with Crippen molar-refractivity contribution < 1.29 is 22.8 Å². The number of anilines is 1. The molecule has 0 radical (unpaired) electrons. The number of rotatable bonds is 7. The van der Waals surface area contributed by atoms with Crippen LogP contribution in [0.25, 0.3) is 16.9 Å². The Morgan fingerprint density at radius 1 is 1.27 bits per heavy atom. The van der Waals surface area contributed by atoms with Gasteiger partial charge in [-0.2, -0.15) is 13.2 Å². The van der Waals surface area contributed by atoms with Crippen molar-refractivity contribution in [1.82, 2.24) is 9.55 Å². The number of hydrogen-bond donors (Lipinski definition) is 1. The maximum absolute atomic E-state index is 13.1. The molecule has 158 valence electrons. The lowest BCUT2D eigenvalue weighted by Crippen LogP contribution is -2.07. The van der Waals surface area contributed by atoms with E-state index in [4.69, 9.17) is 4.74 Å². The van der Waals surface area contributed by atoms with Crippen LogP contribution in [0.2, 0.25) is 0 Å². The van der Waals surface area contributed by atoms with Crippen molar-refractivity contribution >= 4 is 27.3 Å². The second-order valence-corrected chi connectivity index (χ2v) is 6.91. The van der Waals surface area contributed by atoms with Gasteiger partial charge in [-0.1, -0.05) is 15.9 Å². The Morgan fingerprint density at radius 2 is 2.03 bits per heavy atom. The van der Waals surface area contributed by atoms with E-state index in [0.717, 1.165) is 12.1 Å². The van der Waals surface area contributed by atoms with Crippen molar-refractivity contribution in [2.24, 2.45) is 0 Å². The van der Waals surface area contributed by atoms with Gasteiger partial charge in [0.05, 0.1) is 40.5 Å². The van der Waals surface area contributed by atoms with Crippen LogP contribution in [0, 0.1) is 10.1 Å². The number of halogens is 4. The van der Waals surface area contributed by atoms with E-state index in [1.165, 1.54) is 24.5 Å². The van der Waals surface area contributed by atoms with Gasteiger partial charge >= 0.3 is 6.18 Å². The molecule has 0 fully saturated rings. The summed E-state index contributed by atoms with van der Waals surface area (Å²) in [5.74, 6) is 0.0439. The van der Waals surface area contributed by atoms with Crippen LogP contribution in [0.5, 0.6) is 5.75 Å². The molecule has 7 nitrogen and oxygen atoms in total. The molecule has 0 saturated carbocycles. The van der Waals surface area contributed by atoms with Gasteiger partial charge in [0.15, 0.2) is 0 Å². The average Bonchev–Trinajstić information content (AvgIpc) is 3.20. The first-order valence-corrected chi connectivity index (χ1v) is 9.77. The lowest BCUT2D eigenvalue weighted by molar-refractivity contribution is -0.384. The largest absolute Gasteiger partial charge is 0.492 e. The fourth-order valence-electron chi connectivity index (χ4n) is 2.83. The zero-order chi connectivity index (χ0) is 21.9. The number of nitro groups is 1. The molecular weight excluding hydrogens is 469 g/mol. The summed E-state index contributed by atoms with van der Waals surface area (Å²) in [5, 5.41) is 14.5. The maximum atomic E-state index is 13.1. The van der Waals surface area contributed by atoms with E-state index in [2.05, 4.69) is 26.2 Å². The summed E-state index contributed by atoms with van der Waals surface area (Å²) in [6.45, 7) is 0.170. The summed E-state index contributed by atoms with van der Waals surface area (Å²) in [6.07, 6.45) is -1.50. The molecule has 11 heteroatoms. The minimum absolute atomic E-state index is 0.0439. The molecule has 1 aromatic heterocycles. The summed E-state index contributed by atoms with van der Waals surface area (Å²) in [5.41, 5.74) is 0.899. The molecule has 0 unspecified atom stereocenters. The highest BCUT2D eigenvalue weighted by Crippen LogP contribution is 2.37. The zero-order valence-corrected chi connectivity index (χ0v) is 17.2. The van der Waals surface area contributed by atoms with Gasteiger partial charge in [-0.05, 0) is 24.3 Å². The van der Waals surface area contributed by atoms with Crippen molar-refractivity contribution in [2.45, 2.75) is 6.18 Å². The Kier molecular flexibility index (Phi) is 6.30. The van der Waals surface area contributed by atoms with Gasteiger partial charge < -0.3 is 14.6 Å². The Balaban J connectivity index is 2.06. The summed E-state index contributed by atoms with van der Waals surface area (Å²) in [7, 11) is 1.67. The van der Waals surface area contributed by atoms with Crippen LogP contribution in [0.15, 0.2) is 48.9 Å². The molecular formula is C19H16BrF3N4O3. The minimum Gasteiger partial charge on any atom is -0.492 e. The average molecular weight is 485 g/mol. The number of aromatic nitrogens is 2. The van der Waals surface area contributed by atoms with Gasteiger partial charge in [-0.3, -0.25) is 10.1 Å². The second kappa shape index (κ2) is 8.74. The van der Waals surface area contributed by atoms with Crippen LogP contribution in [0.1, 0.15) is 5.56 Å². The van der Waals surface area contributed by atoms with Crippen molar-refractivity contribution in [3.63, 3.8) is 0 Å². The molecule has 0 spiro atoms. The number of nitrogens with one attached hydrogen (secondary N) is 1. The number of nitro benzene ring substituents is 1. The molecule has 1 N–H and O–H groups in total. The first-order chi connectivity index (χ1) is 14.2. The predicted octanol–water partition coefficient (Wildman–Crippen LogP) is 5.28. The number of hydrogen-bond acceptors (Lipinski definition) is 5. The number of non-ortho nitro benzene ring substituents is 1. The van der Waals surface area contributed by atoms with Gasteiger partial charge in [-0.25, -0.2) is 4.98 Å². The minimum atomic E-state index is -4.50. The van der Waals surface area contributed by atoms with Crippen molar-refractivity contribution in [1.29, 1.82) is 0 Å². The third kappa shape index (κ3) is 4.56. The SMILES string of the molecule is CNc1ccc([N+](=O)[O-])cc1-n1cnc(-c2ccc(C(F)(F)F)cc2OCCBr)c1. The fraction of sp³-hybridized carbons (Fsp3) is 0.211. The second-order valence-electron chi connectivity index (χ2n) is 6.12. The molecule has 0 amide bonds. The van der Waals surface area contributed by atoms with Crippen molar-refractivity contribution in [2.75, 3.05) is 24.3 Å². The summed E-state index contributed by atoms with van der Waals surface area (Å²) in [6, 6.07) is 7.51.